The second-order valence-corrected chi connectivity index (χ2v) is 8.02. The van der Waals surface area contributed by atoms with Gasteiger partial charge in [-0.3, -0.25) is 9.29 Å². The molecule has 31 heavy (non-hydrogen) atoms. The van der Waals surface area contributed by atoms with Gasteiger partial charge in [-0.15, -0.1) is 0 Å². The van der Waals surface area contributed by atoms with Crippen LogP contribution in [0.15, 0.2) is 72.1 Å². The summed E-state index contributed by atoms with van der Waals surface area (Å²) < 4.78 is 61.5. The predicted molar refractivity (Wildman–Crippen MR) is 108 cm³/mol. The van der Waals surface area contributed by atoms with Crippen LogP contribution in [-0.4, -0.2) is 27.9 Å². The van der Waals surface area contributed by atoms with Crippen LogP contribution in [0.25, 0.3) is 5.82 Å². The Morgan fingerprint density at radius 1 is 1.00 bits per heavy atom. The zero-order valence-corrected chi connectivity index (χ0v) is 16.8. The number of nitrogens with one attached hydrogen (secondary N) is 1. The molecule has 4 rings (SSSR count). The molecule has 2 aromatic carbocycles. The van der Waals surface area contributed by atoms with Crippen molar-refractivity contribution in [1.29, 1.82) is 0 Å². The first kappa shape index (κ1) is 20.4. The number of nitrogens with zero attached hydrogens (tertiary/aromatic N) is 4. The summed E-state index contributed by atoms with van der Waals surface area (Å²) in [6, 6.07) is 9.68. The van der Waals surface area contributed by atoms with Gasteiger partial charge in [-0.05, 0) is 49.4 Å². The molecule has 0 aliphatic rings. The Balaban J connectivity index is 1.50. The Morgan fingerprint density at radius 2 is 1.77 bits per heavy atom. The van der Waals surface area contributed by atoms with Crippen molar-refractivity contribution in [1.82, 2.24) is 19.5 Å². The molecule has 0 bridgehead atoms. The monoisotopic (exact) mass is 443 g/mol. The average Bonchev–Trinajstić information content (AvgIpc) is 3.17. The van der Waals surface area contributed by atoms with E-state index in [-0.39, 0.29) is 11.6 Å². The zero-order valence-electron chi connectivity index (χ0n) is 16.0. The molecule has 0 unspecified atom stereocenters. The molecular formula is C20H15F2N5O3S. The second-order valence-electron chi connectivity index (χ2n) is 6.37. The van der Waals surface area contributed by atoms with Gasteiger partial charge < -0.3 is 4.74 Å². The molecule has 0 aliphatic carbocycles. The summed E-state index contributed by atoms with van der Waals surface area (Å²) in [5.74, 6) is 0.0554. The van der Waals surface area contributed by atoms with Crippen LogP contribution < -0.4 is 9.46 Å². The van der Waals surface area contributed by atoms with Gasteiger partial charge in [0.05, 0.1) is 0 Å². The van der Waals surface area contributed by atoms with Gasteiger partial charge in [-0.25, -0.2) is 32.2 Å². The number of halogens is 2. The third-order valence-electron chi connectivity index (χ3n) is 4.21. The maximum atomic E-state index is 13.8. The molecule has 1 N–H and O–H groups in total. The fraction of sp³-hybridized carbons (Fsp3) is 0.0500. The van der Waals surface area contributed by atoms with Crippen molar-refractivity contribution < 1.29 is 21.9 Å². The lowest BCUT2D eigenvalue weighted by Crippen LogP contribution is -2.14. The number of imidazole rings is 1. The molecule has 0 amide bonds. The minimum Gasteiger partial charge on any atom is -0.439 e. The molecule has 0 spiro atoms. The van der Waals surface area contributed by atoms with Gasteiger partial charge in [-0.1, -0.05) is 0 Å². The predicted octanol–water partition coefficient (Wildman–Crippen LogP) is 3.84. The first-order valence-corrected chi connectivity index (χ1v) is 10.4. The molecule has 4 aromatic rings. The number of ether oxygens (including phenoxy) is 1. The fourth-order valence-corrected chi connectivity index (χ4v) is 3.89. The van der Waals surface area contributed by atoms with Crippen molar-refractivity contribution in [2.45, 2.75) is 11.8 Å². The molecule has 0 aliphatic heterocycles. The van der Waals surface area contributed by atoms with Gasteiger partial charge in [0.1, 0.15) is 40.2 Å². The Bertz CT molecular complexity index is 1340. The Morgan fingerprint density at radius 3 is 2.48 bits per heavy atom. The average molecular weight is 443 g/mol. The summed E-state index contributed by atoms with van der Waals surface area (Å²) in [6.07, 6.45) is 4.75. The highest BCUT2D eigenvalue weighted by Gasteiger charge is 2.20. The maximum Gasteiger partial charge on any atom is 0.264 e. The number of aryl methyl sites for hydroxylation is 1. The lowest BCUT2D eigenvalue weighted by Gasteiger charge is -2.10. The van der Waals surface area contributed by atoms with Crippen molar-refractivity contribution in [3.05, 3.63) is 84.7 Å². The van der Waals surface area contributed by atoms with Crippen LogP contribution in [0.2, 0.25) is 0 Å². The minimum absolute atomic E-state index is 0.147. The van der Waals surface area contributed by atoms with E-state index in [1.165, 1.54) is 30.6 Å². The summed E-state index contributed by atoms with van der Waals surface area (Å²) in [6.45, 7) is 1.83. The molecular weight excluding hydrogens is 428 g/mol. The van der Waals surface area contributed by atoms with Crippen LogP contribution in [0.5, 0.6) is 11.6 Å². The molecule has 0 fully saturated rings. The van der Waals surface area contributed by atoms with Crippen molar-refractivity contribution in [2.75, 3.05) is 4.72 Å². The van der Waals surface area contributed by atoms with Crippen LogP contribution in [0.3, 0.4) is 0 Å². The van der Waals surface area contributed by atoms with Crippen molar-refractivity contribution in [3.8, 4) is 17.4 Å². The molecule has 0 saturated carbocycles. The molecule has 8 nitrogen and oxygen atoms in total. The van der Waals surface area contributed by atoms with E-state index >= 15 is 0 Å². The lowest BCUT2D eigenvalue weighted by atomic mass is 10.3. The minimum atomic E-state index is -4.31. The SMILES string of the molecule is Cc1nccn1-c1cc(Oc2ccc(NS(=O)(=O)c3cc(F)ccc3F)cc2)ncn1. The Kier molecular flexibility index (Phi) is 5.34. The first-order chi connectivity index (χ1) is 14.8. The van der Waals surface area contributed by atoms with E-state index in [9.17, 15) is 17.2 Å². The number of anilines is 1. The molecule has 2 aromatic heterocycles. The third kappa shape index (κ3) is 4.51. The highest BCUT2D eigenvalue weighted by atomic mass is 32.2. The third-order valence-corrected chi connectivity index (χ3v) is 5.61. The van der Waals surface area contributed by atoms with Crippen LogP contribution >= 0.6 is 0 Å². The summed E-state index contributed by atoms with van der Waals surface area (Å²) in [7, 11) is -4.31. The summed E-state index contributed by atoms with van der Waals surface area (Å²) in [4.78, 5) is 11.6. The van der Waals surface area contributed by atoms with E-state index < -0.39 is 26.6 Å². The largest absolute Gasteiger partial charge is 0.439 e. The topological polar surface area (TPSA) is 99.0 Å². The van der Waals surface area contributed by atoms with Gasteiger partial charge in [-0.2, -0.15) is 0 Å². The standard InChI is InChI=1S/C20H15F2N5O3S/c1-13-23-8-9-27(13)19-11-20(25-12-24-19)30-16-5-3-15(4-6-16)26-31(28,29)18-10-14(21)2-7-17(18)22/h2-12,26H,1H3. The Hall–Kier alpha value is -3.86. The van der Waals surface area contributed by atoms with E-state index in [2.05, 4.69) is 19.7 Å². The number of benzene rings is 2. The van der Waals surface area contributed by atoms with Crippen molar-refractivity contribution in [3.63, 3.8) is 0 Å². The van der Waals surface area contributed by atoms with Gasteiger partial charge in [0.15, 0.2) is 0 Å². The van der Waals surface area contributed by atoms with Gasteiger partial charge in [0.25, 0.3) is 10.0 Å². The van der Waals surface area contributed by atoms with E-state index in [4.69, 9.17) is 4.74 Å². The second kappa shape index (κ2) is 8.11. The van der Waals surface area contributed by atoms with E-state index in [1.807, 2.05) is 6.92 Å². The smallest absolute Gasteiger partial charge is 0.264 e. The quantitative estimate of drug-likeness (QED) is 0.486. The van der Waals surface area contributed by atoms with E-state index in [1.54, 1.807) is 23.0 Å². The summed E-state index contributed by atoms with van der Waals surface area (Å²) >= 11 is 0. The Labute approximate surface area is 176 Å². The van der Waals surface area contributed by atoms with Crippen LogP contribution in [0, 0.1) is 18.6 Å². The van der Waals surface area contributed by atoms with Gasteiger partial charge in [0.2, 0.25) is 5.88 Å². The van der Waals surface area contributed by atoms with Gasteiger partial charge in [0, 0.05) is 24.1 Å². The number of hydrogen-bond acceptors (Lipinski definition) is 6. The highest BCUT2D eigenvalue weighted by molar-refractivity contribution is 7.92. The summed E-state index contributed by atoms with van der Waals surface area (Å²) in [5.41, 5.74) is 0.147. The van der Waals surface area contributed by atoms with Crippen molar-refractivity contribution in [2.24, 2.45) is 0 Å². The molecule has 0 saturated heterocycles. The maximum absolute atomic E-state index is 13.8. The normalized spacial score (nSPS) is 11.3. The number of aromatic nitrogens is 4. The van der Waals surface area contributed by atoms with E-state index in [0.717, 1.165) is 18.0 Å². The molecule has 0 radical (unpaired) electrons. The number of rotatable bonds is 6. The molecule has 11 heteroatoms. The molecule has 2 heterocycles. The van der Waals surface area contributed by atoms with Crippen LogP contribution in [0.1, 0.15) is 5.82 Å². The van der Waals surface area contributed by atoms with Crippen LogP contribution in [-0.2, 0) is 10.0 Å². The highest BCUT2D eigenvalue weighted by Crippen LogP contribution is 2.25. The van der Waals surface area contributed by atoms with E-state index in [0.29, 0.717) is 17.6 Å². The van der Waals surface area contributed by atoms with Gasteiger partial charge >= 0.3 is 0 Å². The first-order valence-electron chi connectivity index (χ1n) is 8.90. The molecule has 0 atom stereocenters. The van der Waals surface area contributed by atoms with Crippen LogP contribution in [0.4, 0.5) is 14.5 Å². The number of sulfonamides is 1. The lowest BCUT2D eigenvalue weighted by molar-refractivity contribution is 0.461. The molecule has 158 valence electrons. The summed E-state index contributed by atoms with van der Waals surface area (Å²) in [5, 5.41) is 0. The zero-order chi connectivity index (χ0) is 22.0. The fourth-order valence-electron chi connectivity index (χ4n) is 2.74. The van der Waals surface area contributed by atoms with Crippen molar-refractivity contribution >= 4 is 15.7 Å². The number of hydrogen-bond donors (Lipinski definition) is 1.